The molecule has 0 aromatic heterocycles. The van der Waals surface area contributed by atoms with Gasteiger partial charge in [0.2, 0.25) is 0 Å². The molecule has 11 aromatic carbocycles. The van der Waals surface area contributed by atoms with Gasteiger partial charge in [0.15, 0.2) is 0 Å². The number of fused-ring (bicyclic) bond motifs is 16. The summed E-state index contributed by atoms with van der Waals surface area (Å²) in [6.45, 7) is 0. The first-order chi connectivity index (χ1) is 30.8. The monoisotopic (exact) mass is 785 g/mol. The first kappa shape index (κ1) is 34.8. The Hall–Kier alpha value is -8.00. The third kappa shape index (κ3) is 4.91. The van der Waals surface area contributed by atoms with Crippen molar-refractivity contribution in [3.8, 4) is 44.5 Å². The zero-order valence-electron chi connectivity index (χ0n) is 34.0. The van der Waals surface area contributed by atoms with Crippen molar-refractivity contribution >= 4 is 49.4 Å². The molecule has 0 saturated heterocycles. The topological polar surface area (TPSA) is 3.24 Å². The van der Waals surface area contributed by atoms with Crippen molar-refractivity contribution in [1.29, 1.82) is 0 Å². The lowest BCUT2D eigenvalue weighted by atomic mass is 9.70. The maximum Gasteiger partial charge on any atom is 0.0726 e. The summed E-state index contributed by atoms with van der Waals surface area (Å²) in [6.07, 6.45) is 0. The Morgan fingerprint density at radius 2 is 0.597 bits per heavy atom. The van der Waals surface area contributed by atoms with Crippen LogP contribution in [0.2, 0.25) is 0 Å². The van der Waals surface area contributed by atoms with E-state index < -0.39 is 5.41 Å². The van der Waals surface area contributed by atoms with Crippen molar-refractivity contribution < 1.29 is 0 Å². The van der Waals surface area contributed by atoms with E-state index in [4.69, 9.17) is 0 Å². The lowest BCUT2D eigenvalue weighted by Crippen LogP contribution is -2.26. The van der Waals surface area contributed by atoms with E-state index in [2.05, 4.69) is 241 Å². The second-order valence-corrected chi connectivity index (χ2v) is 16.7. The fourth-order valence-electron chi connectivity index (χ4n) is 11.1. The molecule has 62 heavy (non-hydrogen) atoms. The quantitative estimate of drug-likeness (QED) is 0.157. The van der Waals surface area contributed by atoms with E-state index in [0.29, 0.717) is 0 Å². The van der Waals surface area contributed by atoms with Crippen LogP contribution in [0.25, 0.3) is 76.8 Å². The molecular formula is C61H39N. The van der Waals surface area contributed by atoms with E-state index in [1.807, 2.05) is 0 Å². The van der Waals surface area contributed by atoms with Crippen LogP contribution in [-0.4, -0.2) is 0 Å². The van der Waals surface area contributed by atoms with Crippen LogP contribution in [0.15, 0.2) is 237 Å². The number of nitrogens with zero attached hydrogens (tertiary/aromatic N) is 1. The van der Waals surface area contributed by atoms with Gasteiger partial charge in [-0.1, -0.05) is 200 Å². The summed E-state index contributed by atoms with van der Waals surface area (Å²) in [6, 6.07) is 87.9. The van der Waals surface area contributed by atoms with Gasteiger partial charge in [-0.15, -0.1) is 0 Å². The second-order valence-electron chi connectivity index (χ2n) is 16.7. The molecule has 0 amide bonds. The largest absolute Gasteiger partial charge is 0.310 e. The summed E-state index contributed by atoms with van der Waals surface area (Å²) < 4.78 is 0. The van der Waals surface area contributed by atoms with Crippen molar-refractivity contribution in [2.75, 3.05) is 4.90 Å². The molecule has 0 atom stereocenters. The normalized spacial score (nSPS) is 13.0. The van der Waals surface area contributed by atoms with Crippen LogP contribution in [0.5, 0.6) is 0 Å². The Morgan fingerprint density at radius 3 is 1.15 bits per heavy atom. The number of benzene rings is 11. The third-order valence-corrected chi connectivity index (χ3v) is 13.7. The van der Waals surface area contributed by atoms with Gasteiger partial charge in [0, 0.05) is 17.1 Å². The van der Waals surface area contributed by atoms with Gasteiger partial charge in [-0.25, -0.2) is 0 Å². The summed E-state index contributed by atoms with van der Waals surface area (Å²) in [5.41, 5.74) is 18.2. The molecule has 2 aliphatic carbocycles. The van der Waals surface area contributed by atoms with Crippen molar-refractivity contribution in [2.45, 2.75) is 5.41 Å². The van der Waals surface area contributed by atoms with Gasteiger partial charge in [-0.05, 0) is 135 Å². The predicted octanol–water partition coefficient (Wildman–Crippen LogP) is 16.3. The van der Waals surface area contributed by atoms with Gasteiger partial charge < -0.3 is 4.90 Å². The first-order valence-electron chi connectivity index (χ1n) is 21.6. The van der Waals surface area contributed by atoms with Crippen LogP contribution in [0, 0.1) is 0 Å². The fourth-order valence-corrected chi connectivity index (χ4v) is 11.1. The van der Waals surface area contributed by atoms with Crippen LogP contribution in [0.3, 0.4) is 0 Å². The van der Waals surface area contributed by atoms with Crippen LogP contribution in [-0.2, 0) is 5.41 Å². The summed E-state index contributed by atoms with van der Waals surface area (Å²) in [7, 11) is 0. The predicted molar refractivity (Wildman–Crippen MR) is 261 cm³/mol. The zero-order valence-corrected chi connectivity index (χ0v) is 34.0. The summed E-state index contributed by atoms with van der Waals surface area (Å²) in [5.74, 6) is 0. The number of rotatable bonds is 5. The Balaban J connectivity index is 1.11. The average molecular weight is 786 g/mol. The number of hydrogen-bond acceptors (Lipinski definition) is 1. The molecule has 0 aliphatic heterocycles. The molecule has 1 nitrogen and oxygen atoms in total. The van der Waals surface area contributed by atoms with E-state index >= 15 is 0 Å². The van der Waals surface area contributed by atoms with Crippen molar-refractivity contribution in [1.82, 2.24) is 0 Å². The van der Waals surface area contributed by atoms with E-state index in [0.717, 1.165) is 17.1 Å². The van der Waals surface area contributed by atoms with Gasteiger partial charge in [0.1, 0.15) is 0 Å². The van der Waals surface area contributed by atoms with E-state index in [1.54, 1.807) is 0 Å². The molecule has 0 radical (unpaired) electrons. The van der Waals surface area contributed by atoms with E-state index in [9.17, 15) is 0 Å². The molecule has 0 heterocycles. The highest BCUT2D eigenvalue weighted by molar-refractivity contribution is 6.25. The molecule has 288 valence electrons. The molecule has 13 rings (SSSR count). The minimum atomic E-state index is -0.453. The Kier molecular flexibility index (Phi) is 7.59. The van der Waals surface area contributed by atoms with Crippen LogP contribution >= 0.6 is 0 Å². The number of anilines is 3. The van der Waals surface area contributed by atoms with Crippen LogP contribution in [0.4, 0.5) is 17.1 Å². The zero-order chi connectivity index (χ0) is 40.8. The minimum absolute atomic E-state index is 0.453. The van der Waals surface area contributed by atoms with Crippen molar-refractivity contribution in [3.63, 3.8) is 0 Å². The molecule has 1 heteroatoms. The van der Waals surface area contributed by atoms with E-state index in [-0.39, 0.29) is 0 Å². The molecule has 0 N–H and O–H groups in total. The van der Waals surface area contributed by atoms with Gasteiger partial charge in [-0.3, -0.25) is 0 Å². The highest BCUT2D eigenvalue weighted by Crippen LogP contribution is 2.63. The van der Waals surface area contributed by atoms with Crippen LogP contribution < -0.4 is 4.90 Å². The highest BCUT2D eigenvalue weighted by Gasteiger charge is 2.51. The average Bonchev–Trinajstić information content (AvgIpc) is 3.82. The summed E-state index contributed by atoms with van der Waals surface area (Å²) in [4.78, 5) is 2.49. The fraction of sp³-hybridized carbons (Fsp3) is 0.0164. The molecule has 0 bridgehead atoms. The van der Waals surface area contributed by atoms with Gasteiger partial charge in [0.05, 0.1) is 5.41 Å². The molecule has 2 aliphatic rings. The maximum atomic E-state index is 2.50. The molecule has 0 fully saturated rings. The minimum Gasteiger partial charge on any atom is -0.310 e. The molecule has 11 aromatic rings. The third-order valence-electron chi connectivity index (χ3n) is 13.7. The van der Waals surface area contributed by atoms with Crippen molar-refractivity contribution in [2.24, 2.45) is 0 Å². The van der Waals surface area contributed by atoms with Crippen molar-refractivity contribution in [3.05, 3.63) is 259 Å². The Bertz CT molecular complexity index is 3480. The standard InChI is InChI=1S/C61H39N/c1-3-17-40(18-4-1)45-34-31-42(37-55(45)41-19-5-2-6-20-41)62(43-32-35-50-48-23-8-7-21-46(48)47-22-9-10-24-49(47)56(50)38-43)44-33-36-54-53-27-13-16-30-59(53)61(60(54)39-44)57-28-14-11-25-51(57)52-26-12-15-29-58(52)61/h1-39H. The smallest absolute Gasteiger partial charge is 0.0726 e. The second kappa shape index (κ2) is 13.5. The summed E-state index contributed by atoms with van der Waals surface area (Å²) in [5, 5.41) is 7.59. The van der Waals surface area contributed by atoms with Gasteiger partial charge >= 0.3 is 0 Å². The summed E-state index contributed by atoms with van der Waals surface area (Å²) >= 11 is 0. The van der Waals surface area contributed by atoms with Crippen LogP contribution in [0.1, 0.15) is 22.3 Å². The Labute approximate surface area is 361 Å². The molecule has 1 spiro atoms. The SMILES string of the molecule is c1ccc(-c2ccc(N(c3ccc4c(c3)C3(c5ccccc5-c5ccccc53)c3ccccc3-4)c3ccc4c5ccccc5c5ccccc5c4c3)cc2-c2ccccc2)cc1. The van der Waals surface area contributed by atoms with Gasteiger partial charge in [-0.2, -0.15) is 0 Å². The Morgan fingerprint density at radius 1 is 0.226 bits per heavy atom. The molecule has 0 unspecified atom stereocenters. The molecular weight excluding hydrogens is 747 g/mol. The lowest BCUT2D eigenvalue weighted by Gasteiger charge is -2.32. The number of hydrogen-bond donors (Lipinski definition) is 0. The van der Waals surface area contributed by atoms with Gasteiger partial charge in [0.25, 0.3) is 0 Å². The maximum absolute atomic E-state index is 2.50. The van der Waals surface area contributed by atoms with E-state index in [1.165, 1.54) is 99.1 Å². The first-order valence-corrected chi connectivity index (χ1v) is 21.6. The highest BCUT2D eigenvalue weighted by atomic mass is 15.1. The lowest BCUT2D eigenvalue weighted by molar-refractivity contribution is 0.793. The molecule has 0 saturated carbocycles.